The highest BCUT2D eigenvalue weighted by molar-refractivity contribution is 5.94. The van der Waals surface area contributed by atoms with Crippen molar-refractivity contribution in [2.75, 3.05) is 18.4 Å². The van der Waals surface area contributed by atoms with Crippen LogP contribution in [0.15, 0.2) is 48.7 Å². The fourth-order valence-electron chi connectivity index (χ4n) is 3.19. The van der Waals surface area contributed by atoms with Gasteiger partial charge in [-0.2, -0.15) is 0 Å². The number of anilines is 1. The van der Waals surface area contributed by atoms with Gasteiger partial charge in [-0.25, -0.2) is 4.98 Å². The number of amides is 1. The zero-order chi connectivity index (χ0) is 17.5. The van der Waals surface area contributed by atoms with Gasteiger partial charge < -0.3 is 10.1 Å². The molecule has 3 rings (SSSR count). The molecule has 25 heavy (non-hydrogen) atoms. The van der Waals surface area contributed by atoms with E-state index in [2.05, 4.69) is 22.1 Å². The first-order valence-electron chi connectivity index (χ1n) is 9.00. The highest BCUT2D eigenvalue weighted by atomic mass is 16.5. The van der Waals surface area contributed by atoms with Gasteiger partial charge in [0, 0.05) is 6.07 Å². The quantitative estimate of drug-likeness (QED) is 0.862. The minimum Gasteiger partial charge on any atom is -0.439 e. The van der Waals surface area contributed by atoms with Crippen molar-refractivity contribution in [2.24, 2.45) is 0 Å². The molecule has 132 valence electrons. The van der Waals surface area contributed by atoms with Gasteiger partial charge in [0.05, 0.1) is 17.9 Å². The van der Waals surface area contributed by atoms with Crippen LogP contribution in [0, 0.1) is 0 Å². The molecule has 5 heteroatoms. The van der Waals surface area contributed by atoms with Crippen molar-refractivity contribution < 1.29 is 9.53 Å². The van der Waals surface area contributed by atoms with Crippen molar-refractivity contribution in [2.45, 2.75) is 38.6 Å². The Kier molecular flexibility index (Phi) is 6.01. The maximum atomic E-state index is 12.6. The third kappa shape index (κ3) is 4.79. The second-order valence-electron chi connectivity index (χ2n) is 6.34. The molecule has 1 amide bonds. The zero-order valence-electron chi connectivity index (χ0n) is 14.6. The number of hydrogen-bond acceptors (Lipinski definition) is 4. The van der Waals surface area contributed by atoms with Crippen LogP contribution in [-0.2, 0) is 4.79 Å². The number of benzene rings is 1. The molecular formula is C20H25N3O2. The zero-order valence-corrected chi connectivity index (χ0v) is 14.6. The first kappa shape index (κ1) is 17.4. The maximum absolute atomic E-state index is 12.6. The summed E-state index contributed by atoms with van der Waals surface area (Å²) in [6.07, 6.45) is 5.92. The van der Waals surface area contributed by atoms with E-state index in [1.165, 1.54) is 6.42 Å². The van der Waals surface area contributed by atoms with Crippen LogP contribution in [0.3, 0.4) is 0 Å². The predicted octanol–water partition coefficient (Wildman–Crippen LogP) is 4.08. The summed E-state index contributed by atoms with van der Waals surface area (Å²) in [5.74, 6) is 1.31. The lowest BCUT2D eigenvalue weighted by atomic mass is 10.0. The summed E-state index contributed by atoms with van der Waals surface area (Å²) in [5.41, 5.74) is 0.701. The third-order valence-electron chi connectivity index (χ3n) is 4.40. The van der Waals surface area contributed by atoms with E-state index in [1.54, 1.807) is 12.3 Å². The van der Waals surface area contributed by atoms with Crippen LogP contribution >= 0.6 is 0 Å². The monoisotopic (exact) mass is 339 g/mol. The molecule has 1 aliphatic heterocycles. The van der Waals surface area contributed by atoms with Crippen molar-refractivity contribution in [3.05, 3.63) is 48.7 Å². The fourth-order valence-corrected chi connectivity index (χ4v) is 3.19. The van der Waals surface area contributed by atoms with Gasteiger partial charge >= 0.3 is 0 Å². The smallest absolute Gasteiger partial charge is 0.241 e. The van der Waals surface area contributed by atoms with Crippen LogP contribution in [0.1, 0.15) is 32.6 Å². The van der Waals surface area contributed by atoms with E-state index >= 15 is 0 Å². The first-order valence-corrected chi connectivity index (χ1v) is 9.00. The number of aromatic nitrogens is 1. The third-order valence-corrected chi connectivity index (χ3v) is 4.40. The Bertz CT molecular complexity index is 671. The number of pyridine rings is 1. The molecule has 0 saturated carbocycles. The van der Waals surface area contributed by atoms with Crippen molar-refractivity contribution >= 4 is 11.6 Å². The summed E-state index contributed by atoms with van der Waals surface area (Å²) >= 11 is 0. The van der Waals surface area contributed by atoms with Crippen LogP contribution in [-0.4, -0.2) is 34.9 Å². The van der Waals surface area contributed by atoms with E-state index in [0.717, 1.165) is 38.1 Å². The lowest BCUT2D eigenvalue weighted by Gasteiger charge is -2.34. The number of nitrogens with zero attached hydrogens (tertiary/aromatic N) is 2. The van der Waals surface area contributed by atoms with Crippen LogP contribution in [0.5, 0.6) is 11.6 Å². The summed E-state index contributed by atoms with van der Waals surface area (Å²) < 4.78 is 5.67. The topological polar surface area (TPSA) is 54.5 Å². The molecule has 1 atom stereocenters. The van der Waals surface area contributed by atoms with Crippen molar-refractivity contribution in [1.29, 1.82) is 0 Å². The Morgan fingerprint density at radius 3 is 2.80 bits per heavy atom. The molecule has 0 bridgehead atoms. The van der Waals surface area contributed by atoms with Gasteiger partial charge in [0.25, 0.3) is 0 Å². The van der Waals surface area contributed by atoms with Gasteiger partial charge in [-0.1, -0.05) is 31.5 Å². The number of carbonyl (C=O) groups excluding carboxylic acids is 1. The lowest BCUT2D eigenvalue weighted by molar-refractivity contribution is -0.122. The van der Waals surface area contributed by atoms with Gasteiger partial charge in [0.15, 0.2) is 0 Å². The summed E-state index contributed by atoms with van der Waals surface area (Å²) in [4.78, 5) is 19.2. The molecule has 0 aliphatic carbocycles. The fraction of sp³-hybridized carbons (Fsp3) is 0.400. The summed E-state index contributed by atoms with van der Waals surface area (Å²) in [7, 11) is 0. The molecule has 5 nitrogen and oxygen atoms in total. The van der Waals surface area contributed by atoms with Crippen molar-refractivity contribution in [1.82, 2.24) is 9.88 Å². The Balaban J connectivity index is 1.59. The Hall–Kier alpha value is -2.40. The Morgan fingerprint density at radius 1 is 1.24 bits per heavy atom. The Labute approximate surface area is 149 Å². The summed E-state index contributed by atoms with van der Waals surface area (Å²) in [5, 5.41) is 2.99. The van der Waals surface area contributed by atoms with Gasteiger partial charge in [0.1, 0.15) is 5.75 Å². The normalized spacial score (nSPS) is 17.9. The van der Waals surface area contributed by atoms with Crippen molar-refractivity contribution in [3.63, 3.8) is 0 Å². The van der Waals surface area contributed by atoms with Crippen LogP contribution in [0.25, 0.3) is 0 Å². The molecule has 2 aromatic rings. The summed E-state index contributed by atoms with van der Waals surface area (Å²) in [6.45, 7) is 4.13. The largest absolute Gasteiger partial charge is 0.439 e. The number of likely N-dealkylation sites (tertiary alicyclic amines) is 1. The van der Waals surface area contributed by atoms with Crippen molar-refractivity contribution in [3.8, 4) is 11.6 Å². The number of rotatable bonds is 6. The Morgan fingerprint density at radius 2 is 2.08 bits per heavy atom. The average molecular weight is 339 g/mol. The number of hydrogen-bond donors (Lipinski definition) is 1. The van der Waals surface area contributed by atoms with Crippen LogP contribution < -0.4 is 10.1 Å². The second kappa shape index (κ2) is 8.62. The molecule has 0 unspecified atom stereocenters. The van der Waals surface area contributed by atoms with E-state index in [9.17, 15) is 4.79 Å². The molecule has 1 N–H and O–H groups in total. The van der Waals surface area contributed by atoms with Crippen LogP contribution in [0.4, 0.5) is 5.69 Å². The standard InChI is InChI=1S/C20H25N3O2/c1-2-13-23-14-7-6-10-18(23)20(24)22-16-11-12-19(21-15-16)25-17-8-4-3-5-9-17/h3-5,8-9,11-12,15,18H,2,6-7,10,13-14H2,1H3,(H,22,24)/t18-/m0/s1. The van der Waals surface area contributed by atoms with E-state index in [0.29, 0.717) is 11.6 Å². The molecule has 1 fully saturated rings. The average Bonchev–Trinajstić information content (AvgIpc) is 2.65. The molecule has 2 heterocycles. The van der Waals surface area contributed by atoms with Gasteiger partial charge in [0.2, 0.25) is 11.8 Å². The van der Waals surface area contributed by atoms with Gasteiger partial charge in [-0.05, 0) is 50.6 Å². The molecular weight excluding hydrogens is 314 g/mol. The number of carbonyl (C=O) groups is 1. The first-order chi connectivity index (χ1) is 12.3. The molecule has 1 saturated heterocycles. The number of nitrogens with one attached hydrogen (secondary N) is 1. The highest BCUT2D eigenvalue weighted by Crippen LogP contribution is 2.22. The molecule has 1 aromatic heterocycles. The number of para-hydroxylation sites is 1. The van der Waals surface area contributed by atoms with E-state index in [-0.39, 0.29) is 11.9 Å². The predicted molar refractivity (Wildman–Crippen MR) is 98.9 cm³/mol. The van der Waals surface area contributed by atoms with E-state index in [4.69, 9.17) is 4.74 Å². The molecule has 0 radical (unpaired) electrons. The minimum atomic E-state index is -0.0334. The molecule has 0 spiro atoms. The second-order valence-corrected chi connectivity index (χ2v) is 6.34. The molecule has 1 aliphatic rings. The van der Waals surface area contributed by atoms with Gasteiger partial charge in [-0.15, -0.1) is 0 Å². The highest BCUT2D eigenvalue weighted by Gasteiger charge is 2.27. The SMILES string of the molecule is CCCN1CCCC[C@H]1C(=O)Nc1ccc(Oc2ccccc2)nc1. The van der Waals surface area contributed by atoms with Crippen LogP contribution in [0.2, 0.25) is 0 Å². The molecule has 1 aromatic carbocycles. The number of ether oxygens (including phenoxy) is 1. The summed E-state index contributed by atoms with van der Waals surface area (Å²) in [6, 6.07) is 13.1. The number of piperidine rings is 1. The van der Waals surface area contributed by atoms with E-state index in [1.807, 2.05) is 36.4 Å². The lowest BCUT2D eigenvalue weighted by Crippen LogP contribution is -2.47. The van der Waals surface area contributed by atoms with Gasteiger partial charge in [-0.3, -0.25) is 9.69 Å². The van der Waals surface area contributed by atoms with E-state index < -0.39 is 0 Å². The maximum Gasteiger partial charge on any atom is 0.241 e. The minimum absolute atomic E-state index is 0.0334.